The summed E-state index contributed by atoms with van der Waals surface area (Å²) in [5, 5.41) is 8.72. The van der Waals surface area contributed by atoms with Crippen LogP contribution in [0.1, 0.15) is 10.4 Å². The second kappa shape index (κ2) is 4.25. The van der Waals surface area contributed by atoms with Crippen molar-refractivity contribution in [2.75, 3.05) is 6.61 Å². The summed E-state index contributed by atoms with van der Waals surface area (Å²) in [6, 6.07) is 2.98. The van der Waals surface area contributed by atoms with E-state index in [1.54, 1.807) is 6.07 Å². The van der Waals surface area contributed by atoms with E-state index in [2.05, 4.69) is 11.6 Å². The van der Waals surface area contributed by atoms with Crippen molar-refractivity contribution >= 4 is 5.97 Å². The number of rotatable bonds is 4. The molecule has 0 bridgehead atoms. The smallest absolute Gasteiger partial charge is 0.341 e. The zero-order valence-corrected chi connectivity index (χ0v) is 6.93. The first kappa shape index (κ1) is 9.25. The normalized spacial score (nSPS) is 9.23. The zero-order chi connectivity index (χ0) is 9.68. The number of ether oxygens (including phenoxy) is 1. The van der Waals surface area contributed by atoms with Crippen molar-refractivity contribution in [3.05, 3.63) is 36.5 Å². The van der Waals surface area contributed by atoms with Gasteiger partial charge >= 0.3 is 5.97 Å². The van der Waals surface area contributed by atoms with Crippen molar-refractivity contribution in [3.63, 3.8) is 0 Å². The molecule has 13 heavy (non-hydrogen) atoms. The van der Waals surface area contributed by atoms with Gasteiger partial charge in [0, 0.05) is 6.20 Å². The average molecular weight is 179 g/mol. The number of nitrogens with zero attached hydrogens (tertiary/aromatic N) is 1. The maximum atomic E-state index is 10.6. The van der Waals surface area contributed by atoms with E-state index >= 15 is 0 Å². The minimum Gasteiger partial charge on any atom is -0.477 e. The Balaban J connectivity index is 2.90. The van der Waals surface area contributed by atoms with E-state index in [1.165, 1.54) is 18.3 Å². The van der Waals surface area contributed by atoms with Gasteiger partial charge in [-0.05, 0) is 12.1 Å². The molecule has 0 aromatic carbocycles. The van der Waals surface area contributed by atoms with Gasteiger partial charge in [0.25, 0.3) is 0 Å². The molecular formula is C9H9NO3. The average Bonchev–Trinajstić information content (AvgIpc) is 2.15. The highest BCUT2D eigenvalue weighted by Gasteiger charge is 2.10. The molecule has 1 rings (SSSR count). The monoisotopic (exact) mass is 179 g/mol. The van der Waals surface area contributed by atoms with E-state index in [4.69, 9.17) is 9.84 Å². The van der Waals surface area contributed by atoms with Gasteiger partial charge in [-0.2, -0.15) is 0 Å². The first-order valence-corrected chi connectivity index (χ1v) is 3.67. The van der Waals surface area contributed by atoms with Crippen molar-refractivity contribution in [2.24, 2.45) is 0 Å². The zero-order valence-electron chi connectivity index (χ0n) is 6.93. The van der Waals surface area contributed by atoms with Crippen LogP contribution in [0, 0.1) is 0 Å². The highest BCUT2D eigenvalue weighted by atomic mass is 16.5. The van der Waals surface area contributed by atoms with E-state index in [0.717, 1.165) is 0 Å². The van der Waals surface area contributed by atoms with E-state index in [-0.39, 0.29) is 18.1 Å². The van der Waals surface area contributed by atoms with Crippen molar-refractivity contribution < 1.29 is 14.6 Å². The van der Waals surface area contributed by atoms with Gasteiger partial charge in [-0.15, -0.1) is 0 Å². The van der Waals surface area contributed by atoms with Crippen LogP contribution in [0.5, 0.6) is 5.88 Å². The summed E-state index contributed by atoms with van der Waals surface area (Å²) in [6.07, 6.45) is 3.01. The third-order valence-corrected chi connectivity index (χ3v) is 1.34. The molecule has 1 heterocycles. The van der Waals surface area contributed by atoms with Gasteiger partial charge in [0.05, 0.1) is 0 Å². The number of hydrogen-bond acceptors (Lipinski definition) is 3. The quantitative estimate of drug-likeness (QED) is 0.708. The Morgan fingerprint density at radius 1 is 1.77 bits per heavy atom. The molecule has 0 fully saturated rings. The summed E-state index contributed by atoms with van der Waals surface area (Å²) in [5.41, 5.74) is 0.0596. The predicted molar refractivity (Wildman–Crippen MR) is 46.9 cm³/mol. The van der Waals surface area contributed by atoms with Gasteiger partial charge in [0.15, 0.2) is 0 Å². The summed E-state index contributed by atoms with van der Waals surface area (Å²) in [4.78, 5) is 14.4. The molecule has 0 radical (unpaired) electrons. The molecule has 0 spiro atoms. The Bertz CT molecular complexity index is 322. The fourth-order valence-electron chi connectivity index (χ4n) is 0.806. The van der Waals surface area contributed by atoms with Crippen LogP contribution in [-0.2, 0) is 0 Å². The molecule has 1 aromatic rings. The lowest BCUT2D eigenvalue weighted by molar-refractivity contribution is 0.0692. The minimum atomic E-state index is -1.05. The summed E-state index contributed by atoms with van der Waals surface area (Å²) < 4.78 is 5.04. The van der Waals surface area contributed by atoms with Crippen LogP contribution in [0.25, 0.3) is 0 Å². The molecule has 0 aliphatic rings. The number of hydrogen-bond donors (Lipinski definition) is 1. The summed E-state index contributed by atoms with van der Waals surface area (Å²) >= 11 is 0. The first-order valence-electron chi connectivity index (χ1n) is 3.67. The second-order valence-corrected chi connectivity index (χ2v) is 2.26. The lowest BCUT2D eigenvalue weighted by atomic mass is 10.3. The minimum absolute atomic E-state index is 0.0596. The van der Waals surface area contributed by atoms with Crippen molar-refractivity contribution in [2.45, 2.75) is 0 Å². The molecule has 4 heteroatoms. The van der Waals surface area contributed by atoms with Crippen LogP contribution in [-0.4, -0.2) is 22.7 Å². The molecule has 0 aliphatic carbocycles. The predicted octanol–water partition coefficient (Wildman–Crippen LogP) is 1.34. The van der Waals surface area contributed by atoms with Crippen molar-refractivity contribution in [1.29, 1.82) is 0 Å². The van der Waals surface area contributed by atoms with Crippen LogP contribution < -0.4 is 4.74 Å². The molecular weight excluding hydrogens is 170 g/mol. The van der Waals surface area contributed by atoms with E-state index in [0.29, 0.717) is 0 Å². The highest BCUT2D eigenvalue weighted by Crippen LogP contribution is 2.13. The number of aromatic nitrogens is 1. The largest absolute Gasteiger partial charge is 0.477 e. The molecule has 0 unspecified atom stereocenters. The lowest BCUT2D eigenvalue weighted by Gasteiger charge is -2.03. The standard InChI is InChI=1S/C9H9NO3/c1-2-6-13-8-7(9(11)12)4-3-5-10-8/h2-5H,1,6H2,(H,11,12). The summed E-state index contributed by atoms with van der Waals surface area (Å²) in [5.74, 6) is -0.929. The topological polar surface area (TPSA) is 59.4 Å². The number of pyridine rings is 1. The number of carbonyl (C=O) groups is 1. The number of aromatic carboxylic acids is 1. The Labute approximate surface area is 75.5 Å². The molecule has 1 aromatic heterocycles. The van der Waals surface area contributed by atoms with Crippen LogP contribution in [0.4, 0.5) is 0 Å². The Hall–Kier alpha value is -1.84. The molecule has 68 valence electrons. The van der Waals surface area contributed by atoms with Gasteiger partial charge in [0.2, 0.25) is 5.88 Å². The summed E-state index contributed by atoms with van der Waals surface area (Å²) in [7, 11) is 0. The molecule has 0 saturated carbocycles. The third kappa shape index (κ3) is 2.30. The van der Waals surface area contributed by atoms with E-state index in [1.807, 2.05) is 0 Å². The number of carboxylic acid groups (broad SMARTS) is 1. The third-order valence-electron chi connectivity index (χ3n) is 1.34. The van der Waals surface area contributed by atoms with E-state index in [9.17, 15) is 4.79 Å². The maximum absolute atomic E-state index is 10.6. The van der Waals surface area contributed by atoms with Crippen LogP contribution in [0.2, 0.25) is 0 Å². The Morgan fingerprint density at radius 3 is 3.15 bits per heavy atom. The second-order valence-electron chi connectivity index (χ2n) is 2.26. The summed E-state index contributed by atoms with van der Waals surface area (Å²) in [6.45, 7) is 3.70. The van der Waals surface area contributed by atoms with Crippen LogP contribution in [0.3, 0.4) is 0 Å². The molecule has 4 nitrogen and oxygen atoms in total. The SMILES string of the molecule is C=CCOc1ncccc1C(=O)O. The van der Waals surface area contributed by atoms with E-state index < -0.39 is 5.97 Å². The van der Waals surface area contributed by atoms with Crippen molar-refractivity contribution in [1.82, 2.24) is 4.98 Å². The molecule has 0 amide bonds. The highest BCUT2D eigenvalue weighted by molar-refractivity contribution is 5.90. The van der Waals surface area contributed by atoms with Gasteiger partial charge < -0.3 is 9.84 Å². The molecule has 0 aliphatic heterocycles. The first-order chi connectivity index (χ1) is 6.25. The molecule has 1 N–H and O–H groups in total. The van der Waals surface area contributed by atoms with Gasteiger partial charge in [-0.25, -0.2) is 9.78 Å². The molecule has 0 atom stereocenters. The maximum Gasteiger partial charge on any atom is 0.341 e. The van der Waals surface area contributed by atoms with Gasteiger partial charge in [0.1, 0.15) is 12.2 Å². The fraction of sp³-hybridized carbons (Fsp3) is 0.111. The fourth-order valence-corrected chi connectivity index (χ4v) is 0.806. The van der Waals surface area contributed by atoms with Crippen LogP contribution in [0.15, 0.2) is 31.0 Å². The molecule has 0 saturated heterocycles. The van der Waals surface area contributed by atoms with Crippen molar-refractivity contribution in [3.8, 4) is 5.88 Å². The Kier molecular flexibility index (Phi) is 3.03. The van der Waals surface area contributed by atoms with Gasteiger partial charge in [-0.3, -0.25) is 0 Å². The van der Waals surface area contributed by atoms with Crippen LogP contribution >= 0.6 is 0 Å². The lowest BCUT2D eigenvalue weighted by Crippen LogP contribution is -2.04. The van der Waals surface area contributed by atoms with Gasteiger partial charge in [-0.1, -0.05) is 12.7 Å². The number of carboxylic acids is 1. The Morgan fingerprint density at radius 2 is 2.54 bits per heavy atom.